The largest absolute Gasteiger partial charge is 0.275 e. The number of amides is 2. The molecular formula is C12H19NO2S. The van der Waals surface area contributed by atoms with E-state index >= 15 is 0 Å². The minimum atomic E-state index is -0.147. The van der Waals surface area contributed by atoms with Crippen molar-refractivity contribution >= 4 is 23.6 Å². The van der Waals surface area contributed by atoms with E-state index in [1.165, 1.54) is 29.6 Å². The Balaban J connectivity index is 2.15. The van der Waals surface area contributed by atoms with E-state index < -0.39 is 0 Å². The third-order valence-corrected chi connectivity index (χ3v) is 3.37. The van der Waals surface area contributed by atoms with E-state index in [1.54, 1.807) is 6.92 Å². The zero-order valence-corrected chi connectivity index (χ0v) is 10.8. The van der Waals surface area contributed by atoms with Gasteiger partial charge < -0.3 is 0 Å². The number of nitrogens with zero attached hydrogens (tertiary/aromatic N) is 1. The van der Waals surface area contributed by atoms with Gasteiger partial charge in [-0.05, 0) is 31.8 Å². The fourth-order valence-corrected chi connectivity index (χ4v) is 2.21. The Hall–Kier alpha value is -0.770. The SMILES string of the molecule is CSCCCCCCN1C(=O)C=C(C)C1=O. The molecule has 1 aliphatic rings. The number of carbonyl (C=O) groups excluding carboxylic acids is 2. The minimum Gasteiger partial charge on any atom is -0.275 e. The molecule has 1 aliphatic heterocycles. The summed E-state index contributed by atoms with van der Waals surface area (Å²) in [5.41, 5.74) is 0.562. The van der Waals surface area contributed by atoms with E-state index in [-0.39, 0.29) is 11.8 Å². The second kappa shape index (κ2) is 6.74. The van der Waals surface area contributed by atoms with Crippen LogP contribution in [0, 0.1) is 0 Å². The molecule has 1 rings (SSSR count). The van der Waals surface area contributed by atoms with Crippen LogP contribution in [0.2, 0.25) is 0 Å². The minimum absolute atomic E-state index is 0.117. The van der Waals surface area contributed by atoms with Crippen LogP contribution in [-0.2, 0) is 9.59 Å². The number of hydrogen-bond donors (Lipinski definition) is 0. The van der Waals surface area contributed by atoms with E-state index in [2.05, 4.69) is 6.26 Å². The van der Waals surface area contributed by atoms with Crippen LogP contribution in [0.15, 0.2) is 11.6 Å². The van der Waals surface area contributed by atoms with Crippen LogP contribution in [0.25, 0.3) is 0 Å². The Morgan fingerprint density at radius 1 is 1.19 bits per heavy atom. The van der Waals surface area contributed by atoms with Gasteiger partial charge in [0.25, 0.3) is 11.8 Å². The van der Waals surface area contributed by atoms with Crippen molar-refractivity contribution in [2.45, 2.75) is 32.6 Å². The maximum atomic E-state index is 11.5. The molecule has 0 aromatic carbocycles. The monoisotopic (exact) mass is 241 g/mol. The first-order valence-corrected chi connectivity index (χ1v) is 7.09. The molecule has 16 heavy (non-hydrogen) atoms. The van der Waals surface area contributed by atoms with Gasteiger partial charge in [-0.25, -0.2) is 0 Å². The van der Waals surface area contributed by atoms with Crippen molar-refractivity contribution in [3.8, 4) is 0 Å². The predicted octanol–water partition coefficient (Wildman–Crippen LogP) is 2.22. The van der Waals surface area contributed by atoms with Crippen molar-refractivity contribution in [3.05, 3.63) is 11.6 Å². The van der Waals surface area contributed by atoms with Crippen LogP contribution >= 0.6 is 11.8 Å². The normalized spacial score (nSPS) is 15.9. The Morgan fingerprint density at radius 3 is 2.44 bits per heavy atom. The summed E-state index contributed by atoms with van der Waals surface area (Å²) in [5.74, 6) is 0.933. The lowest BCUT2D eigenvalue weighted by Gasteiger charge is -2.13. The molecule has 1 heterocycles. The molecule has 0 spiro atoms. The number of unbranched alkanes of at least 4 members (excludes halogenated alkanes) is 3. The Morgan fingerprint density at radius 2 is 1.88 bits per heavy atom. The third-order valence-electron chi connectivity index (χ3n) is 2.67. The van der Waals surface area contributed by atoms with Crippen LogP contribution in [-0.4, -0.2) is 35.3 Å². The summed E-state index contributed by atoms with van der Waals surface area (Å²) < 4.78 is 0. The molecule has 90 valence electrons. The first-order chi connectivity index (χ1) is 7.66. The highest BCUT2D eigenvalue weighted by Crippen LogP contribution is 2.13. The summed E-state index contributed by atoms with van der Waals surface area (Å²) in [4.78, 5) is 24.3. The zero-order chi connectivity index (χ0) is 12.0. The molecule has 0 N–H and O–H groups in total. The first kappa shape index (κ1) is 13.3. The molecule has 3 nitrogen and oxygen atoms in total. The van der Waals surface area contributed by atoms with Gasteiger partial charge >= 0.3 is 0 Å². The Kier molecular flexibility index (Phi) is 5.60. The zero-order valence-electron chi connectivity index (χ0n) is 9.99. The highest BCUT2D eigenvalue weighted by molar-refractivity contribution is 7.98. The van der Waals surface area contributed by atoms with Crippen LogP contribution < -0.4 is 0 Å². The van der Waals surface area contributed by atoms with Gasteiger partial charge in [-0.15, -0.1) is 0 Å². The van der Waals surface area contributed by atoms with Crippen molar-refractivity contribution in [1.29, 1.82) is 0 Å². The average Bonchev–Trinajstić information content (AvgIpc) is 2.49. The second-order valence-electron chi connectivity index (χ2n) is 4.03. The molecule has 0 unspecified atom stereocenters. The highest BCUT2D eigenvalue weighted by Gasteiger charge is 2.27. The second-order valence-corrected chi connectivity index (χ2v) is 5.01. The fraction of sp³-hybridized carbons (Fsp3) is 0.667. The molecule has 0 bridgehead atoms. The summed E-state index contributed by atoms with van der Waals surface area (Å²) in [6.07, 6.45) is 7.96. The number of hydrogen-bond acceptors (Lipinski definition) is 3. The lowest BCUT2D eigenvalue weighted by atomic mass is 10.2. The molecule has 0 fully saturated rings. The van der Waals surface area contributed by atoms with E-state index in [0.717, 1.165) is 12.8 Å². The third kappa shape index (κ3) is 3.67. The topological polar surface area (TPSA) is 37.4 Å². The van der Waals surface area contributed by atoms with Crippen molar-refractivity contribution in [1.82, 2.24) is 4.90 Å². The summed E-state index contributed by atoms with van der Waals surface area (Å²) in [7, 11) is 0. The van der Waals surface area contributed by atoms with E-state index in [9.17, 15) is 9.59 Å². The molecule has 2 amide bonds. The van der Waals surface area contributed by atoms with Gasteiger partial charge in [-0.1, -0.05) is 12.8 Å². The first-order valence-electron chi connectivity index (χ1n) is 5.70. The maximum Gasteiger partial charge on any atom is 0.256 e. The van der Waals surface area contributed by atoms with E-state index in [1.807, 2.05) is 11.8 Å². The average molecular weight is 241 g/mol. The Labute approximate surface area is 101 Å². The van der Waals surface area contributed by atoms with E-state index in [4.69, 9.17) is 0 Å². The molecule has 0 saturated carbocycles. The predicted molar refractivity (Wildman–Crippen MR) is 67.3 cm³/mol. The molecule has 0 atom stereocenters. The molecule has 0 radical (unpaired) electrons. The smallest absolute Gasteiger partial charge is 0.256 e. The standard InChI is InChI=1S/C12H19NO2S/c1-10-9-11(14)13(12(10)15)7-5-3-4-6-8-16-2/h9H,3-8H2,1-2H3. The lowest BCUT2D eigenvalue weighted by Crippen LogP contribution is -2.31. The van der Waals surface area contributed by atoms with Gasteiger partial charge in [0.05, 0.1) is 0 Å². The van der Waals surface area contributed by atoms with Crippen LogP contribution in [0.4, 0.5) is 0 Å². The van der Waals surface area contributed by atoms with Gasteiger partial charge in [0.2, 0.25) is 0 Å². The number of rotatable bonds is 7. The summed E-state index contributed by atoms with van der Waals surface area (Å²) >= 11 is 1.86. The van der Waals surface area contributed by atoms with Gasteiger partial charge in [-0.2, -0.15) is 11.8 Å². The van der Waals surface area contributed by atoms with Crippen LogP contribution in [0.3, 0.4) is 0 Å². The quantitative estimate of drug-likeness (QED) is 0.506. The van der Waals surface area contributed by atoms with Gasteiger partial charge in [0.15, 0.2) is 0 Å². The molecule has 0 aliphatic carbocycles. The van der Waals surface area contributed by atoms with E-state index in [0.29, 0.717) is 12.1 Å². The molecule has 4 heteroatoms. The number of thioether (sulfide) groups is 1. The van der Waals surface area contributed by atoms with Crippen LogP contribution in [0.1, 0.15) is 32.6 Å². The van der Waals surface area contributed by atoms with Crippen molar-refractivity contribution < 1.29 is 9.59 Å². The lowest BCUT2D eigenvalue weighted by molar-refractivity contribution is -0.137. The van der Waals surface area contributed by atoms with Gasteiger partial charge in [0.1, 0.15) is 0 Å². The van der Waals surface area contributed by atoms with Gasteiger partial charge in [0, 0.05) is 18.2 Å². The summed E-state index contributed by atoms with van der Waals surface area (Å²) in [6, 6.07) is 0. The molecule has 0 aromatic rings. The molecule has 0 saturated heterocycles. The van der Waals surface area contributed by atoms with Crippen molar-refractivity contribution in [2.24, 2.45) is 0 Å². The maximum absolute atomic E-state index is 11.5. The van der Waals surface area contributed by atoms with Gasteiger partial charge in [-0.3, -0.25) is 14.5 Å². The summed E-state index contributed by atoms with van der Waals surface area (Å²) in [5, 5.41) is 0. The van der Waals surface area contributed by atoms with Crippen molar-refractivity contribution in [3.63, 3.8) is 0 Å². The Bertz CT molecular complexity index is 299. The molecular weight excluding hydrogens is 222 g/mol. The van der Waals surface area contributed by atoms with Crippen LogP contribution in [0.5, 0.6) is 0 Å². The highest BCUT2D eigenvalue weighted by atomic mass is 32.2. The van der Waals surface area contributed by atoms with Crippen molar-refractivity contribution in [2.75, 3.05) is 18.6 Å². The fourth-order valence-electron chi connectivity index (χ4n) is 1.72. The number of imide groups is 1. The molecule has 0 aromatic heterocycles. The number of carbonyl (C=O) groups is 2. The summed E-state index contributed by atoms with van der Waals surface area (Å²) in [6.45, 7) is 2.27.